The molecule has 0 amide bonds. The van der Waals surface area contributed by atoms with Crippen molar-refractivity contribution in [3.63, 3.8) is 0 Å². The van der Waals surface area contributed by atoms with Crippen LogP contribution < -0.4 is 0 Å². The maximum Gasteiger partial charge on any atom is 0.123 e. The summed E-state index contributed by atoms with van der Waals surface area (Å²) in [4.78, 5) is 10.8. The lowest BCUT2D eigenvalue weighted by atomic mass is 9.73. The summed E-state index contributed by atoms with van der Waals surface area (Å²) in [7, 11) is 0. The van der Waals surface area contributed by atoms with Crippen molar-refractivity contribution in [2.75, 3.05) is 6.61 Å². The van der Waals surface area contributed by atoms with Crippen LogP contribution in [-0.2, 0) is 4.79 Å². The van der Waals surface area contributed by atoms with E-state index in [9.17, 15) is 4.79 Å². The summed E-state index contributed by atoms with van der Waals surface area (Å²) in [6.45, 7) is 2.38. The minimum atomic E-state index is 0.0975. The molecule has 1 aliphatic carbocycles. The third-order valence-electron chi connectivity index (χ3n) is 3.36. The second-order valence-electron chi connectivity index (χ2n) is 4.24. The molecule has 1 fully saturated rings. The lowest BCUT2D eigenvalue weighted by molar-refractivity contribution is -0.114. The minimum Gasteiger partial charge on any atom is -0.396 e. The number of carbonyl (C=O) groups is 1. The molecule has 0 spiro atoms. The van der Waals surface area contributed by atoms with Crippen molar-refractivity contribution < 1.29 is 9.90 Å². The Hall–Kier alpha value is -0.370. The molecular formula is C11H20O2. The van der Waals surface area contributed by atoms with E-state index in [0.717, 1.165) is 6.29 Å². The monoisotopic (exact) mass is 184 g/mol. The van der Waals surface area contributed by atoms with E-state index in [0.29, 0.717) is 18.3 Å². The van der Waals surface area contributed by atoms with Gasteiger partial charge in [-0.25, -0.2) is 0 Å². The van der Waals surface area contributed by atoms with Crippen LogP contribution >= 0.6 is 0 Å². The SMILES string of the molecule is CC1CCCCC1C(C=O)CCO. The predicted molar refractivity (Wildman–Crippen MR) is 52.4 cm³/mol. The predicted octanol–water partition coefficient (Wildman–Crippen LogP) is 2.01. The second kappa shape index (κ2) is 5.38. The molecule has 3 unspecified atom stereocenters. The topological polar surface area (TPSA) is 37.3 Å². The Morgan fingerprint density at radius 2 is 2.15 bits per heavy atom. The third kappa shape index (κ3) is 2.80. The van der Waals surface area contributed by atoms with E-state index >= 15 is 0 Å². The number of hydrogen-bond donors (Lipinski definition) is 1. The molecule has 0 aliphatic heterocycles. The van der Waals surface area contributed by atoms with E-state index in [1.165, 1.54) is 25.7 Å². The molecule has 1 saturated carbocycles. The molecule has 1 rings (SSSR count). The highest BCUT2D eigenvalue weighted by molar-refractivity contribution is 5.54. The summed E-state index contributed by atoms with van der Waals surface area (Å²) in [5.41, 5.74) is 0. The van der Waals surface area contributed by atoms with Crippen LogP contribution in [0.15, 0.2) is 0 Å². The van der Waals surface area contributed by atoms with Crippen LogP contribution in [0.25, 0.3) is 0 Å². The van der Waals surface area contributed by atoms with Gasteiger partial charge in [0.05, 0.1) is 0 Å². The Labute approximate surface area is 80.3 Å². The highest BCUT2D eigenvalue weighted by atomic mass is 16.3. The minimum absolute atomic E-state index is 0.0975. The van der Waals surface area contributed by atoms with Gasteiger partial charge < -0.3 is 9.90 Å². The van der Waals surface area contributed by atoms with Crippen LogP contribution in [0.5, 0.6) is 0 Å². The highest BCUT2D eigenvalue weighted by Crippen LogP contribution is 2.35. The number of aliphatic hydroxyl groups excluding tert-OH is 1. The molecule has 0 aromatic rings. The van der Waals surface area contributed by atoms with Crippen molar-refractivity contribution >= 4 is 6.29 Å². The summed E-state index contributed by atoms with van der Waals surface area (Å²) >= 11 is 0. The molecule has 1 N–H and O–H groups in total. The Balaban J connectivity index is 2.49. The number of carbonyl (C=O) groups excluding carboxylic acids is 1. The Bertz CT molecular complexity index is 156. The molecule has 0 bridgehead atoms. The van der Waals surface area contributed by atoms with E-state index in [2.05, 4.69) is 6.92 Å². The first-order valence-electron chi connectivity index (χ1n) is 5.35. The number of hydrogen-bond acceptors (Lipinski definition) is 2. The van der Waals surface area contributed by atoms with E-state index in [1.54, 1.807) is 0 Å². The lowest BCUT2D eigenvalue weighted by Gasteiger charge is -2.32. The first kappa shape index (κ1) is 10.7. The summed E-state index contributed by atoms with van der Waals surface area (Å²) in [5, 5.41) is 8.83. The first-order chi connectivity index (χ1) is 6.29. The van der Waals surface area contributed by atoms with E-state index in [1.807, 2.05) is 0 Å². The number of aldehydes is 1. The molecule has 76 valence electrons. The molecule has 0 aromatic carbocycles. The Kier molecular flexibility index (Phi) is 4.43. The van der Waals surface area contributed by atoms with Crippen molar-refractivity contribution in [1.29, 1.82) is 0 Å². The van der Waals surface area contributed by atoms with Gasteiger partial charge in [0.1, 0.15) is 6.29 Å². The molecule has 0 heterocycles. The van der Waals surface area contributed by atoms with E-state index < -0.39 is 0 Å². The molecule has 0 saturated heterocycles. The Morgan fingerprint density at radius 3 is 2.69 bits per heavy atom. The highest BCUT2D eigenvalue weighted by Gasteiger charge is 2.28. The lowest BCUT2D eigenvalue weighted by Crippen LogP contribution is -2.26. The van der Waals surface area contributed by atoms with Gasteiger partial charge in [0.25, 0.3) is 0 Å². The summed E-state index contributed by atoms with van der Waals surface area (Å²) in [6.07, 6.45) is 6.68. The summed E-state index contributed by atoms with van der Waals surface area (Å²) in [6, 6.07) is 0. The summed E-state index contributed by atoms with van der Waals surface area (Å²) in [5.74, 6) is 1.29. The quantitative estimate of drug-likeness (QED) is 0.679. The first-order valence-corrected chi connectivity index (χ1v) is 5.35. The van der Waals surface area contributed by atoms with Crippen molar-refractivity contribution in [3.05, 3.63) is 0 Å². The van der Waals surface area contributed by atoms with Crippen LogP contribution in [0.3, 0.4) is 0 Å². The van der Waals surface area contributed by atoms with Crippen LogP contribution in [-0.4, -0.2) is 18.0 Å². The molecule has 3 atom stereocenters. The van der Waals surface area contributed by atoms with Gasteiger partial charge in [-0.2, -0.15) is 0 Å². The van der Waals surface area contributed by atoms with Gasteiger partial charge in [-0.3, -0.25) is 0 Å². The molecular weight excluding hydrogens is 164 g/mol. The zero-order chi connectivity index (χ0) is 9.68. The zero-order valence-corrected chi connectivity index (χ0v) is 8.41. The fourth-order valence-electron chi connectivity index (χ4n) is 2.51. The second-order valence-corrected chi connectivity index (χ2v) is 4.24. The normalized spacial score (nSPS) is 31.2. The maximum absolute atomic E-state index is 10.8. The van der Waals surface area contributed by atoms with Crippen LogP contribution in [0.1, 0.15) is 39.0 Å². The number of aliphatic hydroxyl groups is 1. The average molecular weight is 184 g/mol. The van der Waals surface area contributed by atoms with E-state index in [4.69, 9.17) is 5.11 Å². The molecule has 13 heavy (non-hydrogen) atoms. The van der Waals surface area contributed by atoms with Gasteiger partial charge >= 0.3 is 0 Å². The van der Waals surface area contributed by atoms with Gasteiger partial charge in [0, 0.05) is 12.5 Å². The standard InChI is InChI=1S/C11H20O2/c1-9-4-2-3-5-11(9)10(8-13)6-7-12/h8-12H,2-7H2,1H3. The third-order valence-corrected chi connectivity index (χ3v) is 3.36. The van der Waals surface area contributed by atoms with Crippen molar-refractivity contribution in [2.24, 2.45) is 17.8 Å². The largest absolute Gasteiger partial charge is 0.396 e. The van der Waals surface area contributed by atoms with Crippen LogP contribution in [0.2, 0.25) is 0 Å². The molecule has 2 nitrogen and oxygen atoms in total. The summed E-state index contributed by atoms with van der Waals surface area (Å²) < 4.78 is 0. The van der Waals surface area contributed by atoms with Crippen molar-refractivity contribution in [2.45, 2.75) is 39.0 Å². The van der Waals surface area contributed by atoms with Gasteiger partial charge in [0.2, 0.25) is 0 Å². The van der Waals surface area contributed by atoms with Crippen molar-refractivity contribution in [1.82, 2.24) is 0 Å². The molecule has 0 radical (unpaired) electrons. The van der Waals surface area contributed by atoms with Gasteiger partial charge in [-0.1, -0.05) is 26.2 Å². The van der Waals surface area contributed by atoms with E-state index in [-0.39, 0.29) is 12.5 Å². The molecule has 2 heteroatoms. The van der Waals surface area contributed by atoms with Crippen LogP contribution in [0.4, 0.5) is 0 Å². The average Bonchev–Trinajstić information content (AvgIpc) is 2.16. The molecule has 1 aliphatic rings. The molecule has 0 aromatic heterocycles. The van der Waals surface area contributed by atoms with Crippen LogP contribution in [0, 0.1) is 17.8 Å². The fourth-order valence-corrected chi connectivity index (χ4v) is 2.51. The fraction of sp³-hybridized carbons (Fsp3) is 0.909. The van der Waals surface area contributed by atoms with Gasteiger partial charge in [0.15, 0.2) is 0 Å². The number of rotatable bonds is 4. The van der Waals surface area contributed by atoms with Gasteiger partial charge in [-0.15, -0.1) is 0 Å². The Morgan fingerprint density at radius 1 is 1.46 bits per heavy atom. The van der Waals surface area contributed by atoms with Crippen molar-refractivity contribution in [3.8, 4) is 0 Å². The zero-order valence-electron chi connectivity index (χ0n) is 8.41. The van der Waals surface area contributed by atoms with Gasteiger partial charge in [-0.05, 0) is 24.7 Å². The smallest absolute Gasteiger partial charge is 0.123 e. The maximum atomic E-state index is 10.8.